The van der Waals surface area contributed by atoms with Crippen LogP contribution >= 0.6 is 0 Å². The number of fused-ring (bicyclic) bond motifs is 6. The first-order chi connectivity index (χ1) is 19.1. The van der Waals surface area contributed by atoms with Gasteiger partial charge in [-0.1, -0.05) is 42.5 Å². The fourth-order valence-corrected chi connectivity index (χ4v) is 7.53. The van der Waals surface area contributed by atoms with Gasteiger partial charge in [-0.2, -0.15) is 0 Å². The van der Waals surface area contributed by atoms with Crippen LogP contribution in [0, 0.1) is 11.8 Å². The maximum atomic E-state index is 12.2. The van der Waals surface area contributed by atoms with Crippen LogP contribution in [-0.2, 0) is 6.54 Å². The van der Waals surface area contributed by atoms with Crippen LogP contribution in [0.4, 0.5) is 0 Å². The SMILES string of the molecule is C=C[C@H]1C[N+]2(Cc3c4ccccc4nc4ccccc34)CCC1C[C@H]2[C@H](O)c1ccnc2ccc(OC)cc12. The minimum Gasteiger partial charge on any atom is -0.497 e. The molecule has 2 bridgehead atoms. The van der Waals surface area contributed by atoms with Crippen molar-refractivity contribution in [2.45, 2.75) is 31.5 Å². The summed E-state index contributed by atoms with van der Waals surface area (Å²) in [4.78, 5) is 9.56. The van der Waals surface area contributed by atoms with Gasteiger partial charge >= 0.3 is 0 Å². The van der Waals surface area contributed by atoms with Crippen LogP contribution in [0.5, 0.6) is 5.75 Å². The molecular formula is C34H34N3O2+. The number of hydrogen-bond acceptors (Lipinski definition) is 4. The van der Waals surface area contributed by atoms with Gasteiger partial charge in [0, 0.05) is 46.7 Å². The number of nitrogens with zero attached hydrogens (tertiary/aromatic N) is 3. The average Bonchev–Trinajstić information content (AvgIpc) is 3.00. The lowest BCUT2D eigenvalue weighted by atomic mass is 9.71. The van der Waals surface area contributed by atoms with Crippen molar-refractivity contribution in [2.75, 3.05) is 20.2 Å². The highest BCUT2D eigenvalue weighted by Crippen LogP contribution is 2.49. The highest BCUT2D eigenvalue weighted by atomic mass is 16.5. The second kappa shape index (κ2) is 9.44. The molecule has 0 amide bonds. The van der Waals surface area contributed by atoms with Crippen molar-refractivity contribution in [3.8, 4) is 5.75 Å². The van der Waals surface area contributed by atoms with Gasteiger partial charge in [-0.15, -0.1) is 6.58 Å². The zero-order valence-corrected chi connectivity index (χ0v) is 22.3. The molecule has 3 aromatic carbocycles. The normalized spacial score (nSPS) is 25.2. The van der Waals surface area contributed by atoms with E-state index in [-0.39, 0.29) is 6.04 Å². The molecule has 0 saturated carbocycles. The summed E-state index contributed by atoms with van der Waals surface area (Å²) in [6, 6.07) is 25.0. The number of aliphatic hydroxyl groups excluding tert-OH is 1. The second-order valence-corrected chi connectivity index (χ2v) is 11.4. The Morgan fingerprint density at radius 1 is 1.00 bits per heavy atom. The average molecular weight is 517 g/mol. The van der Waals surface area contributed by atoms with Gasteiger partial charge < -0.3 is 14.3 Å². The number of para-hydroxylation sites is 2. The lowest BCUT2D eigenvalue weighted by Gasteiger charge is -2.58. The molecule has 2 unspecified atom stereocenters. The summed E-state index contributed by atoms with van der Waals surface area (Å²) in [7, 11) is 1.68. The second-order valence-electron chi connectivity index (χ2n) is 11.4. The fraction of sp³-hybridized carbons (Fsp3) is 0.294. The summed E-state index contributed by atoms with van der Waals surface area (Å²) in [6.45, 7) is 7.12. The Bertz CT molecular complexity index is 1660. The number of benzene rings is 3. The van der Waals surface area contributed by atoms with Crippen molar-refractivity contribution in [1.82, 2.24) is 9.97 Å². The molecule has 3 fully saturated rings. The lowest BCUT2D eigenvalue weighted by molar-refractivity contribution is -0.984. The van der Waals surface area contributed by atoms with Crippen molar-refractivity contribution < 1.29 is 14.3 Å². The van der Waals surface area contributed by atoms with Gasteiger partial charge in [-0.25, -0.2) is 4.98 Å². The minimum absolute atomic E-state index is 0.0717. The molecule has 3 aliphatic rings. The monoisotopic (exact) mass is 516 g/mol. The van der Waals surface area contributed by atoms with E-state index in [1.165, 1.54) is 16.3 Å². The molecule has 0 aliphatic carbocycles. The number of rotatable bonds is 6. The maximum Gasteiger partial charge on any atom is 0.131 e. The van der Waals surface area contributed by atoms with Gasteiger partial charge in [0.15, 0.2) is 0 Å². The third-order valence-electron chi connectivity index (χ3n) is 9.51. The van der Waals surface area contributed by atoms with Gasteiger partial charge in [-0.05, 0) is 47.9 Å². The van der Waals surface area contributed by atoms with Crippen LogP contribution in [-0.4, -0.2) is 45.8 Å². The minimum atomic E-state index is -0.615. The molecule has 0 spiro atoms. The fourth-order valence-electron chi connectivity index (χ4n) is 7.53. The van der Waals surface area contributed by atoms with Crippen LogP contribution in [0.1, 0.15) is 30.1 Å². The van der Waals surface area contributed by atoms with E-state index in [1.54, 1.807) is 7.11 Å². The molecular weight excluding hydrogens is 482 g/mol. The summed E-state index contributed by atoms with van der Waals surface area (Å²) in [6.07, 6.45) is 5.51. The predicted molar refractivity (Wildman–Crippen MR) is 156 cm³/mol. The Balaban J connectivity index is 1.39. The smallest absolute Gasteiger partial charge is 0.131 e. The number of aromatic nitrogens is 2. The van der Waals surface area contributed by atoms with Crippen molar-refractivity contribution in [3.05, 3.63) is 103 Å². The third kappa shape index (κ3) is 3.91. The molecule has 5 atom stereocenters. The van der Waals surface area contributed by atoms with Crippen LogP contribution in [0.3, 0.4) is 0 Å². The topological polar surface area (TPSA) is 55.2 Å². The molecule has 5 heterocycles. The third-order valence-corrected chi connectivity index (χ3v) is 9.51. The number of pyridine rings is 2. The van der Waals surface area contributed by atoms with E-state index in [0.717, 1.165) is 70.2 Å². The van der Waals surface area contributed by atoms with Crippen LogP contribution < -0.4 is 4.74 Å². The van der Waals surface area contributed by atoms with Crippen molar-refractivity contribution >= 4 is 32.7 Å². The Kier molecular flexibility index (Phi) is 5.87. The highest BCUT2D eigenvalue weighted by molar-refractivity contribution is 5.97. The number of aliphatic hydroxyl groups is 1. The molecule has 3 saturated heterocycles. The highest BCUT2D eigenvalue weighted by Gasteiger charge is 2.54. The van der Waals surface area contributed by atoms with E-state index < -0.39 is 6.10 Å². The summed E-state index contributed by atoms with van der Waals surface area (Å²) < 4.78 is 6.38. The zero-order valence-electron chi connectivity index (χ0n) is 22.3. The van der Waals surface area contributed by atoms with Crippen molar-refractivity contribution in [1.29, 1.82) is 0 Å². The van der Waals surface area contributed by atoms with E-state index in [4.69, 9.17) is 9.72 Å². The zero-order chi connectivity index (χ0) is 26.6. The first-order valence-electron chi connectivity index (χ1n) is 14.0. The molecule has 2 aromatic heterocycles. The van der Waals surface area contributed by atoms with Crippen molar-refractivity contribution in [2.24, 2.45) is 11.8 Å². The molecule has 3 aliphatic heterocycles. The molecule has 5 aromatic rings. The molecule has 5 heteroatoms. The maximum absolute atomic E-state index is 12.2. The largest absolute Gasteiger partial charge is 0.497 e. The van der Waals surface area contributed by atoms with Crippen molar-refractivity contribution in [3.63, 3.8) is 0 Å². The summed E-state index contributed by atoms with van der Waals surface area (Å²) in [5.74, 6) is 1.78. The van der Waals surface area contributed by atoms with Crippen LogP contribution in [0.15, 0.2) is 91.6 Å². The molecule has 5 nitrogen and oxygen atoms in total. The van der Waals surface area contributed by atoms with E-state index in [2.05, 4.69) is 66.2 Å². The number of piperidine rings is 3. The molecule has 1 N–H and O–H groups in total. The number of hydrogen-bond donors (Lipinski definition) is 1. The van der Waals surface area contributed by atoms with Crippen LogP contribution in [0.2, 0.25) is 0 Å². The van der Waals surface area contributed by atoms with Gasteiger partial charge in [-0.3, -0.25) is 4.98 Å². The first-order valence-corrected chi connectivity index (χ1v) is 14.0. The van der Waals surface area contributed by atoms with Gasteiger partial charge in [0.1, 0.15) is 24.4 Å². The van der Waals surface area contributed by atoms with E-state index in [1.807, 2.05) is 30.5 Å². The Labute approximate surface area is 229 Å². The standard InChI is InChI=1S/C34H34N3O2/c1-3-22-20-37(21-29-25-8-4-6-10-31(25)36-32-11-7-5-9-26(29)32)17-15-23(22)18-33(37)34(38)27-14-16-35-30-13-12-24(39-2)19-28(27)30/h3-14,16,19,22-23,33-34,38H,1,15,17-18,20-21H2,2H3/q+1/t22-,23?,33-,34+,37?/m0/s1. The Morgan fingerprint density at radius 3 is 2.46 bits per heavy atom. The van der Waals surface area contributed by atoms with Gasteiger partial charge in [0.25, 0.3) is 0 Å². The molecule has 196 valence electrons. The summed E-state index contributed by atoms with van der Waals surface area (Å²) in [5, 5.41) is 15.6. The molecule has 8 rings (SSSR count). The van der Waals surface area contributed by atoms with Gasteiger partial charge in [0.2, 0.25) is 0 Å². The van der Waals surface area contributed by atoms with E-state index >= 15 is 0 Å². The van der Waals surface area contributed by atoms with Crippen LogP contribution in [0.25, 0.3) is 32.7 Å². The lowest BCUT2D eigenvalue weighted by Crippen LogP contribution is -2.67. The number of quaternary nitrogens is 1. The first kappa shape index (κ1) is 24.3. The summed E-state index contributed by atoms with van der Waals surface area (Å²) >= 11 is 0. The Morgan fingerprint density at radius 2 is 1.74 bits per heavy atom. The molecule has 39 heavy (non-hydrogen) atoms. The Hall–Kier alpha value is -3.80. The molecule has 0 radical (unpaired) electrons. The summed E-state index contributed by atoms with van der Waals surface area (Å²) in [5.41, 5.74) is 5.21. The number of methoxy groups -OCH3 is 1. The predicted octanol–water partition coefficient (Wildman–Crippen LogP) is 6.59. The van der Waals surface area contributed by atoms with E-state index in [0.29, 0.717) is 11.8 Å². The quantitative estimate of drug-likeness (QED) is 0.157. The van der Waals surface area contributed by atoms with E-state index in [9.17, 15) is 5.11 Å². The number of ether oxygens (including phenoxy) is 1. The van der Waals surface area contributed by atoms with Gasteiger partial charge in [0.05, 0.1) is 36.7 Å².